The molecule has 0 aliphatic heterocycles. The summed E-state index contributed by atoms with van der Waals surface area (Å²) in [4.78, 5) is 51.7. The smallest absolute Gasteiger partial charge is 0.341 e. The van der Waals surface area contributed by atoms with Gasteiger partial charge in [0.25, 0.3) is 0 Å². The highest BCUT2D eigenvalue weighted by Crippen LogP contribution is 2.34. The Kier molecular flexibility index (Phi) is 4.73. The Morgan fingerprint density at radius 1 is 1.00 bits per heavy atom. The van der Waals surface area contributed by atoms with Gasteiger partial charge < -0.3 is 13.9 Å². The molecule has 0 saturated heterocycles. The highest BCUT2D eigenvalue weighted by Gasteiger charge is 2.38. The zero-order chi connectivity index (χ0) is 21.6. The van der Waals surface area contributed by atoms with E-state index >= 15 is 0 Å². The SMILES string of the molecule is CCOC(=O)c1ccn2c3c(c(C(=O)OC(C)C)c2c1)C(=O)c1ccccc1C3=O. The Morgan fingerprint density at radius 3 is 2.30 bits per heavy atom. The lowest BCUT2D eigenvalue weighted by molar-refractivity contribution is 0.0377. The minimum atomic E-state index is -0.731. The number of hydrogen-bond donors (Lipinski definition) is 0. The Morgan fingerprint density at radius 2 is 1.67 bits per heavy atom. The summed E-state index contributed by atoms with van der Waals surface area (Å²) in [5, 5.41) is 0. The number of carbonyl (C=O) groups is 4. The van der Waals surface area contributed by atoms with Crippen molar-refractivity contribution in [3.8, 4) is 0 Å². The van der Waals surface area contributed by atoms with Crippen LogP contribution in [-0.2, 0) is 9.47 Å². The number of benzene rings is 1. The number of hydrogen-bond acceptors (Lipinski definition) is 6. The summed E-state index contributed by atoms with van der Waals surface area (Å²) in [5.74, 6) is -2.10. The van der Waals surface area contributed by atoms with Crippen molar-refractivity contribution in [2.75, 3.05) is 6.61 Å². The summed E-state index contributed by atoms with van der Waals surface area (Å²) in [6, 6.07) is 9.41. The van der Waals surface area contributed by atoms with Crippen LogP contribution in [0.25, 0.3) is 5.52 Å². The third-order valence-corrected chi connectivity index (χ3v) is 4.86. The van der Waals surface area contributed by atoms with E-state index in [1.54, 1.807) is 45.0 Å². The largest absolute Gasteiger partial charge is 0.462 e. The molecular formula is C23H19NO6. The van der Waals surface area contributed by atoms with E-state index in [0.29, 0.717) is 0 Å². The molecule has 30 heavy (non-hydrogen) atoms. The predicted molar refractivity (Wildman–Crippen MR) is 107 cm³/mol. The van der Waals surface area contributed by atoms with Gasteiger partial charge in [-0.15, -0.1) is 0 Å². The van der Waals surface area contributed by atoms with E-state index in [0.717, 1.165) is 0 Å². The number of esters is 2. The van der Waals surface area contributed by atoms with E-state index in [1.807, 2.05) is 0 Å². The summed E-state index contributed by atoms with van der Waals surface area (Å²) in [6.45, 7) is 5.26. The molecule has 2 heterocycles. The number of rotatable bonds is 4. The summed E-state index contributed by atoms with van der Waals surface area (Å²) >= 11 is 0. The third-order valence-electron chi connectivity index (χ3n) is 4.86. The van der Waals surface area contributed by atoms with Crippen LogP contribution in [0.3, 0.4) is 0 Å². The van der Waals surface area contributed by atoms with E-state index in [-0.39, 0.29) is 51.4 Å². The fourth-order valence-electron chi connectivity index (χ4n) is 3.66. The van der Waals surface area contributed by atoms with E-state index in [4.69, 9.17) is 9.47 Å². The first-order chi connectivity index (χ1) is 14.3. The summed E-state index contributed by atoms with van der Waals surface area (Å²) in [6.07, 6.45) is 1.06. The fraction of sp³-hybridized carbons (Fsp3) is 0.217. The van der Waals surface area contributed by atoms with Crippen molar-refractivity contribution in [1.82, 2.24) is 4.40 Å². The number of carbonyl (C=O) groups excluding carboxylic acids is 4. The van der Waals surface area contributed by atoms with Crippen LogP contribution < -0.4 is 0 Å². The van der Waals surface area contributed by atoms with Crippen LogP contribution in [0.15, 0.2) is 42.6 Å². The van der Waals surface area contributed by atoms with Gasteiger partial charge in [0.2, 0.25) is 5.78 Å². The van der Waals surface area contributed by atoms with Gasteiger partial charge in [-0.3, -0.25) is 9.59 Å². The standard InChI is InChI=1S/C23H19NO6/c1-4-29-22(27)13-9-10-24-16(11-13)17(23(28)30-12(2)3)18-19(24)21(26)15-8-6-5-7-14(15)20(18)25/h5-12H,4H2,1-3H3. The highest BCUT2D eigenvalue weighted by molar-refractivity contribution is 6.31. The molecule has 4 rings (SSSR count). The van der Waals surface area contributed by atoms with Gasteiger partial charge in [-0.25, -0.2) is 9.59 Å². The Labute approximate surface area is 172 Å². The average molecular weight is 405 g/mol. The van der Waals surface area contributed by atoms with Crippen LogP contribution in [0.5, 0.6) is 0 Å². The molecule has 1 aliphatic rings. The second-order valence-corrected chi connectivity index (χ2v) is 7.15. The highest BCUT2D eigenvalue weighted by atomic mass is 16.5. The molecule has 152 valence electrons. The molecule has 0 bridgehead atoms. The minimum absolute atomic E-state index is 0.00893. The van der Waals surface area contributed by atoms with Crippen molar-refractivity contribution >= 4 is 29.0 Å². The Hall–Kier alpha value is -3.74. The zero-order valence-corrected chi connectivity index (χ0v) is 16.7. The summed E-state index contributed by atoms with van der Waals surface area (Å²) in [7, 11) is 0. The van der Waals surface area contributed by atoms with Crippen molar-refractivity contribution in [2.24, 2.45) is 0 Å². The first-order valence-electron chi connectivity index (χ1n) is 9.59. The van der Waals surface area contributed by atoms with E-state index < -0.39 is 23.8 Å². The van der Waals surface area contributed by atoms with Gasteiger partial charge >= 0.3 is 11.9 Å². The fourth-order valence-corrected chi connectivity index (χ4v) is 3.66. The van der Waals surface area contributed by atoms with Crippen LogP contribution in [0.2, 0.25) is 0 Å². The number of ether oxygens (including phenoxy) is 2. The van der Waals surface area contributed by atoms with Crippen LogP contribution in [0, 0.1) is 0 Å². The molecule has 0 radical (unpaired) electrons. The predicted octanol–water partition coefficient (Wildman–Crippen LogP) is 3.46. The molecule has 1 aliphatic carbocycles. The lowest BCUT2D eigenvalue weighted by atomic mass is 9.86. The average Bonchev–Trinajstić information content (AvgIpc) is 3.06. The van der Waals surface area contributed by atoms with Crippen molar-refractivity contribution in [1.29, 1.82) is 0 Å². The molecule has 0 atom stereocenters. The van der Waals surface area contributed by atoms with Crippen molar-refractivity contribution < 1.29 is 28.7 Å². The maximum atomic E-state index is 13.3. The Balaban J connectivity index is 2.04. The number of fused-ring (bicyclic) bond motifs is 4. The van der Waals surface area contributed by atoms with Crippen molar-refractivity contribution in [3.63, 3.8) is 0 Å². The molecule has 0 unspecified atom stereocenters. The van der Waals surface area contributed by atoms with Crippen LogP contribution >= 0.6 is 0 Å². The van der Waals surface area contributed by atoms with Gasteiger partial charge in [-0.05, 0) is 32.9 Å². The van der Waals surface area contributed by atoms with Gasteiger partial charge in [-0.1, -0.05) is 24.3 Å². The van der Waals surface area contributed by atoms with E-state index in [2.05, 4.69) is 0 Å². The monoisotopic (exact) mass is 405 g/mol. The third kappa shape index (κ3) is 2.90. The molecule has 3 aromatic rings. The molecule has 0 saturated carbocycles. The molecule has 0 amide bonds. The molecule has 0 N–H and O–H groups in total. The topological polar surface area (TPSA) is 91.2 Å². The number of ketones is 2. The molecular weight excluding hydrogens is 386 g/mol. The second-order valence-electron chi connectivity index (χ2n) is 7.15. The van der Waals surface area contributed by atoms with E-state index in [1.165, 1.54) is 22.7 Å². The molecule has 1 aromatic carbocycles. The van der Waals surface area contributed by atoms with Gasteiger partial charge in [0.1, 0.15) is 5.69 Å². The molecule has 7 heteroatoms. The van der Waals surface area contributed by atoms with Gasteiger partial charge in [0.05, 0.1) is 34.9 Å². The van der Waals surface area contributed by atoms with Crippen molar-refractivity contribution in [3.05, 3.63) is 76.1 Å². The number of aromatic nitrogens is 1. The molecule has 0 fully saturated rings. The van der Waals surface area contributed by atoms with Gasteiger partial charge in [-0.2, -0.15) is 0 Å². The quantitative estimate of drug-likeness (QED) is 0.483. The van der Waals surface area contributed by atoms with Crippen LogP contribution in [0.4, 0.5) is 0 Å². The Bertz CT molecular complexity index is 1230. The molecule has 7 nitrogen and oxygen atoms in total. The number of pyridine rings is 1. The summed E-state index contributed by atoms with van der Waals surface area (Å²) in [5.41, 5.74) is 0.992. The normalized spacial score (nSPS) is 12.7. The zero-order valence-electron chi connectivity index (χ0n) is 16.7. The lowest BCUT2D eigenvalue weighted by Crippen LogP contribution is -2.23. The second kappa shape index (κ2) is 7.26. The maximum absolute atomic E-state index is 13.3. The number of nitrogens with zero attached hydrogens (tertiary/aromatic N) is 1. The summed E-state index contributed by atoms with van der Waals surface area (Å²) < 4.78 is 11.9. The van der Waals surface area contributed by atoms with Crippen LogP contribution in [-0.4, -0.2) is 40.6 Å². The van der Waals surface area contributed by atoms with Crippen LogP contribution in [0.1, 0.15) is 73.5 Å². The van der Waals surface area contributed by atoms with E-state index in [9.17, 15) is 19.2 Å². The lowest BCUT2D eigenvalue weighted by Gasteiger charge is -2.15. The van der Waals surface area contributed by atoms with Gasteiger partial charge in [0.15, 0.2) is 5.78 Å². The first kappa shape index (κ1) is 19.6. The van der Waals surface area contributed by atoms with Gasteiger partial charge in [0, 0.05) is 17.3 Å². The van der Waals surface area contributed by atoms with Crippen molar-refractivity contribution in [2.45, 2.75) is 26.9 Å². The molecule has 0 spiro atoms. The minimum Gasteiger partial charge on any atom is -0.462 e. The maximum Gasteiger partial charge on any atom is 0.341 e. The molecule has 2 aromatic heterocycles. The first-order valence-corrected chi connectivity index (χ1v) is 9.59.